The SMILES string of the molecule is CCNCCCc1nnc(-c2csc(I)c2)s1. The van der Waals surface area contributed by atoms with Crippen LogP contribution in [0.2, 0.25) is 0 Å². The standard InChI is InChI=1S/C11H14IN3S2/c1-2-13-5-3-4-10-14-15-11(17-10)8-6-9(12)16-7-8/h6-7,13H,2-5H2,1H3. The first-order valence-electron chi connectivity index (χ1n) is 5.57. The van der Waals surface area contributed by atoms with Crippen molar-refractivity contribution in [1.29, 1.82) is 0 Å². The second-order valence-corrected chi connectivity index (χ2v) is 7.47. The Morgan fingerprint density at radius 3 is 3.00 bits per heavy atom. The summed E-state index contributed by atoms with van der Waals surface area (Å²) in [6, 6.07) is 2.16. The summed E-state index contributed by atoms with van der Waals surface area (Å²) in [5.74, 6) is 0. The molecule has 92 valence electrons. The molecule has 0 aliphatic heterocycles. The third kappa shape index (κ3) is 3.97. The maximum absolute atomic E-state index is 4.25. The number of halogens is 1. The first kappa shape index (κ1) is 13.4. The van der Waals surface area contributed by atoms with Gasteiger partial charge in [-0.25, -0.2) is 0 Å². The number of nitrogens with zero attached hydrogens (tertiary/aromatic N) is 2. The molecule has 0 saturated carbocycles. The van der Waals surface area contributed by atoms with Crippen molar-refractivity contribution in [3.05, 3.63) is 19.3 Å². The van der Waals surface area contributed by atoms with Crippen molar-refractivity contribution < 1.29 is 0 Å². The van der Waals surface area contributed by atoms with E-state index in [0.717, 1.165) is 35.9 Å². The Balaban J connectivity index is 1.92. The molecule has 2 heterocycles. The van der Waals surface area contributed by atoms with E-state index in [0.29, 0.717) is 0 Å². The minimum absolute atomic E-state index is 1.02. The smallest absolute Gasteiger partial charge is 0.148 e. The van der Waals surface area contributed by atoms with E-state index in [4.69, 9.17) is 0 Å². The lowest BCUT2D eigenvalue weighted by molar-refractivity contribution is 0.669. The summed E-state index contributed by atoms with van der Waals surface area (Å²) in [6.07, 6.45) is 2.15. The lowest BCUT2D eigenvalue weighted by atomic mass is 10.3. The number of aryl methyl sites for hydroxylation is 1. The molecule has 0 spiro atoms. The van der Waals surface area contributed by atoms with E-state index in [2.05, 4.69) is 56.5 Å². The Bertz CT molecular complexity index is 467. The van der Waals surface area contributed by atoms with E-state index in [1.807, 2.05) is 0 Å². The summed E-state index contributed by atoms with van der Waals surface area (Å²) in [7, 11) is 0. The van der Waals surface area contributed by atoms with Gasteiger partial charge in [-0.2, -0.15) is 0 Å². The zero-order chi connectivity index (χ0) is 12.1. The van der Waals surface area contributed by atoms with Crippen LogP contribution < -0.4 is 5.32 Å². The molecule has 0 aliphatic carbocycles. The fourth-order valence-electron chi connectivity index (χ4n) is 1.43. The van der Waals surface area contributed by atoms with Gasteiger partial charge in [-0.05, 0) is 48.2 Å². The number of nitrogens with one attached hydrogen (secondary N) is 1. The van der Waals surface area contributed by atoms with Gasteiger partial charge in [0, 0.05) is 17.4 Å². The summed E-state index contributed by atoms with van der Waals surface area (Å²) in [4.78, 5) is 0. The van der Waals surface area contributed by atoms with E-state index in [1.54, 1.807) is 22.7 Å². The van der Waals surface area contributed by atoms with Crippen molar-refractivity contribution in [2.45, 2.75) is 19.8 Å². The van der Waals surface area contributed by atoms with E-state index in [9.17, 15) is 0 Å². The summed E-state index contributed by atoms with van der Waals surface area (Å²) < 4.78 is 1.29. The number of aromatic nitrogens is 2. The van der Waals surface area contributed by atoms with E-state index >= 15 is 0 Å². The zero-order valence-electron chi connectivity index (χ0n) is 9.57. The molecule has 0 bridgehead atoms. The number of hydrogen-bond acceptors (Lipinski definition) is 5. The molecule has 0 fully saturated rings. The highest BCUT2D eigenvalue weighted by atomic mass is 127. The Kier molecular flexibility index (Phi) is 5.33. The van der Waals surface area contributed by atoms with Crippen LogP contribution in [0.3, 0.4) is 0 Å². The normalized spacial score (nSPS) is 10.9. The van der Waals surface area contributed by atoms with Crippen molar-refractivity contribution in [3.63, 3.8) is 0 Å². The summed E-state index contributed by atoms with van der Waals surface area (Å²) >= 11 is 5.79. The van der Waals surface area contributed by atoms with Crippen molar-refractivity contribution in [2.24, 2.45) is 0 Å². The van der Waals surface area contributed by atoms with E-state index in [1.165, 1.54) is 8.45 Å². The number of rotatable bonds is 6. The van der Waals surface area contributed by atoms with Crippen LogP contribution in [-0.4, -0.2) is 23.3 Å². The Morgan fingerprint density at radius 2 is 2.29 bits per heavy atom. The fourth-order valence-corrected chi connectivity index (χ4v) is 3.71. The molecule has 0 atom stereocenters. The predicted molar refractivity (Wildman–Crippen MR) is 82.8 cm³/mol. The van der Waals surface area contributed by atoms with Crippen molar-refractivity contribution in [3.8, 4) is 10.6 Å². The van der Waals surface area contributed by atoms with Crippen LogP contribution in [0.15, 0.2) is 11.4 Å². The van der Waals surface area contributed by atoms with Gasteiger partial charge in [0.05, 0.1) is 2.88 Å². The Hall–Kier alpha value is -0.0500. The van der Waals surface area contributed by atoms with E-state index < -0.39 is 0 Å². The van der Waals surface area contributed by atoms with Gasteiger partial charge in [0.2, 0.25) is 0 Å². The van der Waals surface area contributed by atoms with Gasteiger partial charge in [0.15, 0.2) is 0 Å². The van der Waals surface area contributed by atoms with Crippen LogP contribution in [-0.2, 0) is 6.42 Å². The molecule has 2 aromatic heterocycles. The molecule has 1 N–H and O–H groups in total. The number of thiophene rings is 1. The molecule has 3 nitrogen and oxygen atoms in total. The van der Waals surface area contributed by atoms with Crippen LogP contribution >= 0.6 is 45.3 Å². The summed E-state index contributed by atoms with van der Waals surface area (Å²) in [5, 5.41) is 16.1. The zero-order valence-corrected chi connectivity index (χ0v) is 13.4. The quantitative estimate of drug-likeness (QED) is 0.618. The van der Waals surface area contributed by atoms with Gasteiger partial charge < -0.3 is 5.32 Å². The minimum atomic E-state index is 1.02. The van der Waals surface area contributed by atoms with Gasteiger partial charge in [-0.15, -0.1) is 21.5 Å². The molecule has 17 heavy (non-hydrogen) atoms. The molecule has 0 unspecified atom stereocenters. The van der Waals surface area contributed by atoms with E-state index in [-0.39, 0.29) is 0 Å². The first-order chi connectivity index (χ1) is 8.29. The molecule has 2 aromatic rings. The molecule has 0 aromatic carbocycles. The van der Waals surface area contributed by atoms with Crippen molar-refractivity contribution in [1.82, 2.24) is 15.5 Å². The van der Waals surface area contributed by atoms with Gasteiger partial charge in [0.1, 0.15) is 10.0 Å². The third-order valence-corrected chi connectivity index (χ3v) is 5.10. The van der Waals surface area contributed by atoms with Crippen LogP contribution in [0.5, 0.6) is 0 Å². The monoisotopic (exact) mass is 379 g/mol. The molecule has 0 amide bonds. The van der Waals surface area contributed by atoms with Crippen molar-refractivity contribution in [2.75, 3.05) is 13.1 Å². The lowest BCUT2D eigenvalue weighted by Crippen LogP contribution is -2.14. The summed E-state index contributed by atoms with van der Waals surface area (Å²) in [5.41, 5.74) is 1.20. The van der Waals surface area contributed by atoms with Gasteiger partial charge in [0.25, 0.3) is 0 Å². The average molecular weight is 379 g/mol. The number of hydrogen-bond donors (Lipinski definition) is 1. The first-order valence-corrected chi connectivity index (χ1v) is 8.34. The molecule has 6 heteroatoms. The molecule has 0 aliphatic rings. The third-order valence-electron chi connectivity index (χ3n) is 2.28. The van der Waals surface area contributed by atoms with Gasteiger partial charge in [-0.3, -0.25) is 0 Å². The van der Waals surface area contributed by atoms with Gasteiger partial charge >= 0.3 is 0 Å². The van der Waals surface area contributed by atoms with Gasteiger partial charge in [-0.1, -0.05) is 18.3 Å². The molecular weight excluding hydrogens is 365 g/mol. The highest BCUT2D eigenvalue weighted by Gasteiger charge is 2.07. The second-order valence-electron chi connectivity index (χ2n) is 3.60. The van der Waals surface area contributed by atoms with Crippen LogP contribution in [0.4, 0.5) is 0 Å². The Morgan fingerprint density at radius 1 is 1.41 bits per heavy atom. The minimum Gasteiger partial charge on any atom is -0.317 e. The largest absolute Gasteiger partial charge is 0.317 e. The molecule has 0 radical (unpaired) electrons. The van der Waals surface area contributed by atoms with Crippen molar-refractivity contribution >= 4 is 45.3 Å². The highest BCUT2D eigenvalue weighted by Crippen LogP contribution is 2.29. The molecule has 0 saturated heterocycles. The lowest BCUT2D eigenvalue weighted by Gasteiger charge is -1.97. The topological polar surface area (TPSA) is 37.8 Å². The van der Waals surface area contributed by atoms with Crippen LogP contribution in [0.25, 0.3) is 10.6 Å². The second kappa shape index (κ2) is 6.77. The molecular formula is C11H14IN3S2. The van der Waals surface area contributed by atoms with Crippen LogP contribution in [0, 0.1) is 2.88 Å². The highest BCUT2D eigenvalue weighted by molar-refractivity contribution is 14.1. The Labute approximate surface area is 123 Å². The van der Waals surface area contributed by atoms with Crippen LogP contribution in [0.1, 0.15) is 18.4 Å². The fraction of sp³-hybridized carbons (Fsp3) is 0.455. The maximum Gasteiger partial charge on any atom is 0.148 e. The maximum atomic E-state index is 4.25. The summed E-state index contributed by atoms with van der Waals surface area (Å²) in [6.45, 7) is 4.22. The molecule has 2 rings (SSSR count). The average Bonchev–Trinajstić information content (AvgIpc) is 2.93. The predicted octanol–water partition coefficient (Wildman–Crippen LogP) is 3.41.